The smallest absolute Gasteiger partial charge is 0.412 e. The van der Waals surface area contributed by atoms with E-state index in [0.29, 0.717) is 12.5 Å². The fourth-order valence-corrected chi connectivity index (χ4v) is 3.44. The molecule has 1 saturated heterocycles. The van der Waals surface area contributed by atoms with E-state index < -0.39 is 35.7 Å². The zero-order valence-electron chi connectivity index (χ0n) is 17.3. The Kier molecular flexibility index (Phi) is 7.72. The van der Waals surface area contributed by atoms with E-state index in [-0.39, 0.29) is 38.3 Å². The number of benzene rings is 2. The summed E-state index contributed by atoms with van der Waals surface area (Å²) in [5, 5.41) is 2.56. The van der Waals surface area contributed by atoms with E-state index >= 15 is 0 Å². The first kappa shape index (κ1) is 23.1. The van der Waals surface area contributed by atoms with E-state index in [2.05, 4.69) is 5.32 Å². The van der Waals surface area contributed by atoms with Crippen LogP contribution in [0, 0.1) is 11.6 Å². The van der Waals surface area contributed by atoms with Crippen LogP contribution in [0.5, 0.6) is 0 Å². The van der Waals surface area contributed by atoms with Crippen molar-refractivity contribution in [3.05, 3.63) is 71.3 Å². The van der Waals surface area contributed by atoms with Gasteiger partial charge in [0.15, 0.2) is 6.17 Å². The van der Waals surface area contributed by atoms with Crippen LogP contribution in [-0.4, -0.2) is 60.1 Å². The largest absolute Gasteiger partial charge is 0.444 e. The first-order valence-electron chi connectivity index (χ1n) is 10.1. The monoisotopic (exact) mass is 446 g/mol. The molecule has 1 unspecified atom stereocenters. The van der Waals surface area contributed by atoms with Crippen molar-refractivity contribution in [2.24, 2.45) is 5.73 Å². The average molecular weight is 446 g/mol. The number of carbonyl (C=O) groups excluding carboxylic acids is 3. The second kappa shape index (κ2) is 10.7. The third-order valence-corrected chi connectivity index (χ3v) is 4.88. The Morgan fingerprint density at radius 3 is 2.34 bits per heavy atom. The van der Waals surface area contributed by atoms with Gasteiger partial charge in [0.1, 0.15) is 18.2 Å². The van der Waals surface area contributed by atoms with Crippen LogP contribution in [-0.2, 0) is 16.1 Å². The van der Waals surface area contributed by atoms with Crippen LogP contribution in [0.3, 0.4) is 0 Å². The molecule has 0 aromatic heterocycles. The third kappa shape index (κ3) is 5.58. The molecule has 3 N–H and O–H groups in total. The summed E-state index contributed by atoms with van der Waals surface area (Å²) in [4.78, 5) is 41.0. The van der Waals surface area contributed by atoms with Crippen molar-refractivity contribution in [3.8, 4) is 0 Å². The molecule has 0 radical (unpaired) electrons. The van der Waals surface area contributed by atoms with Gasteiger partial charge in [-0.3, -0.25) is 14.5 Å². The van der Waals surface area contributed by atoms with Gasteiger partial charge in [-0.15, -0.1) is 0 Å². The Bertz CT molecular complexity index is 953. The number of carbonyl (C=O) groups is 3. The maximum atomic E-state index is 13.7. The van der Waals surface area contributed by atoms with Gasteiger partial charge < -0.3 is 20.7 Å². The molecule has 1 heterocycles. The van der Waals surface area contributed by atoms with Gasteiger partial charge in [0.05, 0.1) is 0 Å². The second-order valence-corrected chi connectivity index (χ2v) is 7.20. The number of amides is 3. The lowest BCUT2D eigenvalue weighted by atomic mass is 10.1. The Labute approximate surface area is 183 Å². The summed E-state index contributed by atoms with van der Waals surface area (Å²) in [6.07, 6.45) is -1.79. The minimum absolute atomic E-state index is 0.0175. The molecule has 1 fully saturated rings. The summed E-state index contributed by atoms with van der Waals surface area (Å²) in [7, 11) is 0. The number of halogens is 2. The molecular weight excluding hydrogens is 422 g/mol. The molecule has 1 atom stereocenters. The summed E-state index contributed by atoms with van der Waals surface area (Å²) in [6, 6.07) is 11.4. The summed E-state index contributed by atoms with van der Waals surface area (Å²) < 4.78 is 32.7. The van der Waals surface area contributed by atoms with Gasteiger partial charge in [0.25, 0.3) is 11.8 Å². The Balaban J connectivity index is 1.84. The standard InChI is InChI=1S/C22H24F2N4O4/c23-17-11-16(12-18(24)13-17)21(30)27-9-4-10-28(20(27)19(29)26-8-7-25)22(31)32-14-15-5-2-1-3-6-15/h1-3,5-6,11-13,20H,4,7-10,14,25H2,(H,26,29). The number of ether oxygens (including phenoxy) is 1. The van der Waals surface area contributed by atoms with Crippen LogP contribution in [0.1, 0.15) is 22.3 Å². The maximum absolute atomic E-state index is 13.7. The highest BCUT2D eigenvalue weighted by molar-refractivity contribution is 5.98. The fourth-order valence-electron chi connectivity index (χ4n) is 3.44. The maximum Gasteiger partial charge on any atom is 0.412 e. The molecule has 3 rings (SSSR count). The molecule has 170 valence electrons. The average Bonchev–Trinajstić information content (AvgIpc) is 2.80. The van der Waals surface area contributed by atoms with E-state index in [9.17, 15) is 23.2 Å². The molecule has 0 aliphatic carbocycles. The van der Waals surface area contributed by atoms with Crippen molar-refractivity contribution in [1.29, 1.82) is 0 Å². The summed E-state index contributed by atoms with van der Waals surface area (Å²) in [5.74, 6) is -3.27. The van der Waals surface area contributed by atoms with Crippen molar-refractivity contribution >= 4 is 17.9 Å². The summed E-state index contributed by atoms with van der Waals surface area (Å²) in [6.45, 7) is 0.533. The van der Waals surface area contributed by atoms with E-state index in [1.807, 2.05) is 6.07 Å². The number of nitrogens with zero attached hydrogens (tertiary/aromatic N) is 2. The van der Waals surface area contributed by atoms with E-state index in [1.165, 1.54) is 0 Å². The summed E-state index contributed by atoms with van der Waals surface area (Å²) >= 11 is 0. The van der Waals surface area contributed by atoms with Gasteiger partial charge in [0, 0.05) is 37.8 Å². The molecule has 32 heavy (non-hydrogen) atoms. The number of hydrogen-bond acceptors (Lipinski definition) is 5. The quantitative estimate of drug-likeness (QED) is 0.705. The molecule has 0 saturated carbocycles. The number of hydrogen-bond donors (Lipinski definition) is 2. The summed E-state index contributed by atoms with van der Waals surface area (Å²) in [5.41, 5.74) is 5.94. The molecule has 10 heteroatoms. The van der Waals surface area contributed by atoms with Crippen molar-refractivity contribution in [2.75, 3.05) is 26.2 Å². The van der Waals surface area contributed by atoms with Gasteiger partial charge in [-0.25, -0.2) is 13.6 Å². The van der Waals surface area contributed by atoms with Crippen LogP contribution in [0.25, 0.3) is 0 Å². The lowest BCUT2D eigenvalue weighted by Gasteiger charge is -2.42. The molecule has 2 aromatic carbocycles. The van der Waals surface area contributed by atoms with Gasteiger partial charge >= 0.3 is 6.09 Å². The van der Waals surface area contributed by atoms with Crippen molar-refractivity contribution in [1.82, 2.24) is 15.1 Å². The zero-order valence-corrected chi connectivity index (χ0v) is 17.3. The van der Waals surface area contributed by atoms with Gasteiger partial charge in [-0.2, -0.15) is 0 Å². The number of nitrogens with one attached hydrogen (secondary N) is 1. The second-order valence-electron chi connectivity index (χ2n) is 7.20. The van der Waals surface area contributed by atoms with Crippen molar-refractivity contribution in [2.45, 2.75) is 19.2 Å². The lowest BCUT2D eigenvalue weighted by molar-refractivity contribution is -0.133. The predicted molar refractivity (Wildman–Crippen MR) is 111 cm³/mol. The number of rotatable bonds is 6. The van der Waals surface area contributed by atoms with Crippen LogP contribution in [0.2, 0.25) is 0 Å². The van der Waals surface area contributed by atoms with Crippen molar-refractivity contribution < 1.29 is 27.9 Å². The molecule has 2 aromatic rings. The highest BCUT2D eigenvalue weighted by Gasteiger charge is 2.41. The Morgan fingerprint density at radius 1 is 1.03 bits per heavy atom. The molecule has 8 nitrogen and oxygen atoms in total. The van der Waals surface area contributed by atoms with E-state index in [1.54, 1.807) is 24.3 Å². The van der Waals surface area contributed by atoms with Crippen LogP contribution in [0.15, 0.2) is 48.5 Å². The Morgan fingerprint density at radius 2 is 1.69 bits per heavy atom. The SMILES string of the molecule is NCCNC(=O)C1N(C(=O)OCc2ccccc2)CCCN1C(=O)c1cc(F)cc(F)c1. The minimum atomic E-state index is -1.35. The van der Waals surface area contributed by atoms with E-state index in [0.717, 1.165) is 27.5 Å². The molecule has 0 spiro atoms. The highest BCUT2D eigenvalue weighted by Crippen LogP contribution is 2.21. The first-order valence-corrected chi connectivity index (χ1v) is 10.1. The molecule has 0 bridgehead atoms. The topological polar surface area (TPSA) is 105 Å². The Hall–Kier alpha value is -3.53. The van der Waals surface area contributed by atoms with Crippen LogP contribution < -0.4 is 11.1 Å². The highest BCUT2D eigenvalue weighted by atomic mass is 19.1. The molecular formula is C22H24F2N4O4. The molecule has 1 aliphatic rings. The third-order valence-electron chi connectivity index (χ3n) is 4.88. The fraction of sp³-hybridized carbons (Fsp3) is 0.318. The lowest BCUT2D eigenvalue weighted by Crippen LogP contribution is -2.63. The van der Waals surface area contributed by atoms with Gasteiger partial charge in [-0.05, 0) is 24.1 Å². The molecule has 3 amide bonds. The van der Waals surface area contributed by atoms with Crippen molar-refractivity contribution in [3.63, 3.8) is 0 Å². The minimum Gasteiger partial charge on any atom is -0.444 e. The van der Waals surface area contributed by atoms with Crippen LogP contribution in [0.4, 0.5) is 13.6 Å². The number of nitrogens with two attached hydrogens (primary N) is 1. The van der Waals surface area contributed by atoms with E-state index in [4.69, 9.17) is 10.5 Å². The predicted octanol–water partition coefficient (Wildman–Crippen LogP) is 1.85. The van der Waals surface area contributed by atoms with Gasteiger partial charge in [-0.1, -0.05) is 30.3 Å². The normalized spacial score (nSPS) is 15.9. The van der Waals surface area contributed by atoms with Gasteiger partial charge in [0.2, 0.25) is 0 Å². The first-order chi connectivity index (χ1) is 15.4. The molecule has 1 aliphatic heterocycles. The zero-order chi connectivity index (χ0) is 23.1. The van der Waals surface area contributed by atoms with Crippen LogP contribution >= 0.6 is 0 Å².